The second kappa shape index (κ2) is 7.07. The first-order chi connectivity index (χ1) is 9.35. The van der Waals surface area contributed by atoms with E-state index in [4.69, 9.17) is 4.74 Å². The van der Waals surface area contributed by atoms with Gasteiger partial charge in [0, 0.05) is 25.2 Å². The lowest BCUT2D eigenvalue weighted by Crippen LogP contribution is -2.32. The van der Waals surface area contributed by atoms with E-state index >= 15 is 0 Å². The number of ether oxygens (including phenoxy) is 1. The molecule has 1 aromatic rings. The number of nitrogens with zero attached hydrogens (tertiary/aromatic N) is 1. The molecule has 0 radical (unpaired) electrons. The third-order valence-electron chi connectivity index (χ3n) is 2.97. The van der Waals surface area contributed by atoms with E-state index in [-0.39, 0.29) is 6.10 Å². The maximum atomic E-state index is 13.7. The molecule has 3 heteroatoms. The van der Waals surface area contributed by atoms with Crippen LogP contribution in [0.2, 0.25) is 0 Å². The first-order valence-corrected chi connectivity index (χ1v) is 7.54. The average Bonchev–Trinajstić information content (AvgIpc) is 2.72. The largest absolute Gasteiger partial charge is 0.491 e. The molecule has 1 aliphatic rings. The summed E-state index contributed by atoms with van der Waals surface area (Å²) in [5.41, 5.74) is 1.33. The van der Waals surface area contributed by atoms with Crippen LogP contribution in [0.25, 0.3) is 0 Å². The highest BCUT2D eigenvalue weighted by Crippen LogP contribution is 2.32. The quantitative estimate of drug-likeness (QED) is 0.802. The molecule has 0 N–H and O–H groups in total. The fraction of sp³-hybridized carbons (Fsp3) is 0.647. The summed E-state index contributed by atoms with van der Waals surface area (Å²) in [5.74, 6) is 0.946. The average molecular weight is 281 g/mol. The Kier molecular flexibility index (Phi) is 6.00. The summed E-state index contributed by atoms with van der Waals surface area (Å²) in [6.45, 7) is 13.4. The maximum Gasteiger partial charge on any atom is 0.124 e. The maximum absolute atomic E-state index is 13.7. The van der Waals surface area contributed by atoms with Gasteiger partial charge in [-0.05, 0) is 39.3 Å². The van der Waals surface area contributed by atoms with Crippen molar-refractivity contribution in [1.82, 2.24) is 4.90 Å². The van der Waals surface area contributed by atoms with Crippen molar-refractivity contribution in [2.24, 2.45) is 0 Å². The van der Waals surface area contributed by atoms with Gasteiger partial charge in [-0.3, -0.25) is 4.90 Å². The molecule has 20 heavy (non-hydrogen) atoms. The first-order valence-electron chi connectivity index (χ1n) is 7.54. The van der Waals surface area contributed by atoms with Crippen LogP contribution in [0.3, 0.4) is 0 Å². The smallest absolute Gasteiger partial charge is 0.124 e. The lowest BCUT2D eigenvalue weighted by Gasteiger charge is -2.22. The third kappa shape index (κ3) is 4.78. The highest BCUT2D eigenvalue weighted by Gasteiger charge is 2.27. The fourth-order valence-electron chi connectivity index (χ4n) is 2.47. The van der Waals surface area contributed by atoms with Crippen LogP contribution in [-0.2, 0) is 13.1 Å². The molecule has 1 heterocycles. The number of rotatable bonds is 4. The van der Waals surface area contributed by atoms with Crippen LogP contribution in [0, 0.1) is 0 Å². The Labute approximate surface area is 122 Å². The minimum atomic E-state index is -1.15. The summed E-state index contributed by atoms with van der Waals surface area (Å²) in [4.78, 5) is 2.14. The lowest BCUT2D eigenvalue weighted by atomic mass is 10.1. The van der Waals surface area contributed by atoms with Crippen molar-refractivity contribution in [1.29, 1.82) is 0 Å². The van der Waals surface area contributed by atoms with Crippen LogP contribution in [0.15, 0.2) is 18.2 Å². The summed E-state index contributed by atoms with van der Waals surface area (Å²) < 4.78 is 19.5. The monoisotopic (exact) mass is 281 g/mol. The van der Waals surface area contributed by atoms with Crippen molar-refractivity contribution < 1.29 is 9.13 Å². The molecule has 0 unspecified atom stereocenters. The summed E-state index contributed by atoms with van der Waals surface area (Å²) >= 11 is 0. The molecule has 0 aliphatic carbocycles. The molecule has 1 aliphatic heterocycles. The second-order valence-electron chi connectivity index (χ2n) is 5.92. The lowest BCUT2D eigenvalue weighted by molar-refractivity contribution is 0.124. The first kappa shape index (κ1) is 17.0. The molecule has 0 saturated carbocycles. The van der Waals surface area contributed by atoms with Gasteiger partial charge in [-0.2, -0.15) is 0 Å². The van der Waals surface area contributed by atoms with Crippen LogP contribution >= 0.6 is 0 Å². The Bertz CT molecular complexity index is 423. The molecule has 2 nitrogen and oxygen atoms in total. The molecule has 1 aromatic carbocycles. The van der Waals surface area contributed by atoms with E-state index in [1.54, 1.807) is 13.8 Å². The van der Waals surface area contributed by atoms with Crippen molar-refractivity contribution >= 4 is 0 Å². The van der Waals surface area contributed by atoms with E-state index in [1.165, 1.54) is 11.1 Å². The molecule has 0 spiro atoms. The molecule has 0 aromatic heterocycles. The number of fused-ring (bicyclic) bond motifs is 1. The van der Waals surface area contributed by atoms with Crippen LogP contribution < -0.4 is 4.74 Å². The van der Waals surface area contributed by atoms with Crippen LogP contribution in [0.4, 0.5) is 4.39 Å². The van der Waals surface area contributed by atoms with Crippen molar-refractivity contribution in [2.75, 3.05) is 6.54 Å². The van der Waals surface area contributed by atoms with Gasteiger partial charge < -0.3 is 4.74 Å². The van der Waals surface area contributed by atoms with Crippen molar-refractivity contribution in [3.63, 3.8) is 0 Å². The number of hydrogen-bond donors (Lipinski definition) is 0. The van der Waals surface area contributed by atoms with Gasteiger partial charge in [-0.15, -0.1) is 0 Å². The van der Waals surface area contributed by atoms with Crippen molar-refractivity contribution in [3.8, 4) is 5.75 Å². The minimum absolute atomic E-state index is 0.170. The molecule has 2 rings (SSSR count). The molecule has 0 saturated heterocycles. The van der Waals surface area contributed by atoms with Gasteiger partial charge in [-0.1, -0.05) is 26.0 Å². The molecular formula is C17H28FNO. The Morgan fingerprint density at radius 1 is 1.25 bits per heavy atom. The minimum Gasteiger partial charge on any atom is -0.491 e. The van der Waals surface area contributed by atoms with Gasteiger partial charge in [-0.25, -0.2) is 4.39 Å². The number of benzene rings is 1. The van der Waals surface area contributed by atoms with E-state index in [1.807, 2.05) is 39.8 Å². The van der Waals surface area contributed by atoms with E-state index in [0.717, 1.165) is 18.8 Å². The fourth-order valence-corrected chi connectivity index (χ4v) is 2.47. The summed E-state index contributed by atoms with van der Waals surface area (Å²) in [5, 5.41) is 0. The topological polar surface area (TPSA) is 12.5 Å². The van der Waals surface area contributed by atoms with Gasteiger partial charge >= 0.3 is 0 Å². The van der Waals surface area contributed by atoms with Gasteiger partial charge in [0.15, 0.2) is 0 Å². The standard InChI is InChI=1S/C15H22FNO.C2H6/c1-11(2)18-14-7-5-6-12-8-17(9-13(12)14)10-15(3,4)16;1-2/h5-7,11H,8-10H2,1-4H3;1-2H3. The van der Waals surface area contributed by atoms with Crippen LogP contribution in [0.5, 0.6) is 5.75 Å². The number of alkyl halides is 1. The highest BCUT2D eigenvalue weighted by molar-refractivity contribution is 5.42. The summed E-state index contributed by atoms with van der Waals surface area (Å²) in [6, 6.07) is 6.12. The van der Waals surface area contributed by atoms with Crippen molar-refractivity contribution in [2.45, 2.75) is 66.4 Å². The van der Waals surface area contributed by atoms with E-state index in [0.29, 0.717) is 6.54 Å². The zero-order chi connectivity index (χ0) is 15.3. The zero-order valence-corrected chi connectivity index (χ0v) is 13.7. The highest BCUT2D eigenvalue weighted by atomic mass is 19.1. The second-order valence-corrected chi connectivity index (χ2v) is 5.92. The summed E-state index contributed by atoms with van der Waals surface area (Å²) in [6.07, 6.45) is 0.170. The Balaban J connectivity index is 0.000000956. The third-order valence-corrected chi connectivity index (χ3v) is 2.97. The molecular weight excluding hydrogens is 253 g/mol. The van der Waals surface area contributed by atoms with E-state index in [2.05, 4.69) is 11.0 Å². The van der Waals surface area contributed by atoms with Gasteiger partial charge in [0.25, 0.3) is 0 Å². The number of hydrogen-bond acceptors (Lipinski definition) is 2. The molecule has 0 bridgehead atoms. The molecule has 114 valence electrons. The molecule has 0 atom stereocenters. The Morgan fingerprint density at radius 3 is 2.45 bits per heavy atom. The molecule has 0 fully saturated rings. The van der Waals surface area contributed by atoms with Crippen molar-refractivity contribution in [3.05, 3.63) is 29.3 Å². The summed E-state index contributed by atoms with van der Waals surface area (Å²) in [7, 11) is 0. The Hall–Kier alpha value is -1.09. The normalized spacial score (nSPS) is 14.8. The zero-order valence-electron chi connectivity index (χ0n) is 13.7. The van der Waals surface area contributed by atoms with Crippen LogP contribution in [0.1, 0.15) is 52.7 Å². The number of halogens is 1. The SMILES string of the molecule is CC.CC(C)Oc1cccc2c1CN(CC(C)(C)F)C2. The van der Waals surface area contributed by atoms with E-state index < -0.39 is 5.67 Å². The van der Waals surface area contributed by atoms with E-state index in [9.17, 15) is 4.39 Å². The molecule has 0 amide bonds. The van der Waals surface area contributed by atoms with Gasteiger partial charge in [0.2, 0.25) is 0 Å². The predicted octanol–water partition coefficient (Wildman–Crippen LogP) is 4.56. The van der Waals surface area contributed by atoms with Crippen LogP contribution in [-0.4, -0.2) is 23.2 Å². The van der Waals surface area contributed by atoms with Gasteiger partial charge in [0.05, 0.1) is 6.10 Å². The predicted molar refractivity (Wildman–Crippen MR) is 82.9 cm³/mol. The Morgan fingerprint density at radius 2 is 1.90 bits per heavy atom. The van der Waals surface area contributed by atoms with Gasteiger partial charge in [0.1, 0.15) is 11.4 Å².